The molecule has 0 heterocycles. The number of benzene rings is 1. The molecular weight excluding hydrogens is 285 g/mol. The van der Waals surface area contributed by atoms with E-state index in [1.807, 2.05) is 0 Å². The molecule has 3 atom stereocenters. The normalized spacial score (nSPS) is 24.6. The van der Waals surface area contributed by atoms with Crippen molar-refractivity contribution in [2.75, 3.05) is 6.54 Å². The van der Waals surface area contributed by atoms with E-state index in [4.69, 9.17) is 11.6 Å². The zero-order valence-electron chi connectivity index (χ0n) is 11.0. The summed E-state index contributed by atoms with van der Waals surface area (Å²) in [7, 11) is -1.12. The van der Waals surface area contributed by atoms with Gasteiger partial charge in [-0.2, -0.15) is 0 Å². The van der Waals surface area contributed by atoms with Crippen LogP contribution in [-0.2, 0) is 10.8 Å². The Morgan fingerprint density at radius 3 is 2.95 bits per heavy atom. The molecule has 0 aliphatic heterocycles. The van der Waals surface area contributed by atoms with Crippen molar-refractivity contribution >= 4 is 22.4 Å². The second kappa shape index (κ2) is 6.82. The topological polar surface area (TPSA) is 29.1 Å². The summed E-state index contributed by atoms with van der Waals surface area (Å²) in [6.45, 7) is 3.07. The average molecular weight is 304 g/mol. The quantitative estimate of drug-likeness (QED) is 0.902. The van der Waals surface area contributed by atoms with Gasteiger partial charge in [-0.25, -0.2) is 4.39 Å². The second-order valence-corrected chi connectivity index (χ2v) is 6.98. The van der Waals surface area contributed by atoms with Gasteiger partial charge in [0.1, 0.15) is 5.82 Å². The van der Waals surface area contributed by atoms with E-state index in [0.29, 0.717) is 10.9 Å². The van der Waals surface area contributed by atoms with Gasteiger partial charge >= 0.3 is 0 Å². The van der Waals surface area contributed by atoms with E-state index in [2.05, 4.69) is 12.2 Å². The van der Waals surface area contributed by atoms with Gasteiger partial charge in [-0.15, -0.1) is 0 Å². The fourth-order valence-electron chi connectivity index (χ4n) is 2.52. The smallest absolute Gasteiger partial charge is 0.141 e. The lowest BCUT2D eigenvalue weighted by Crippen LogP contribution is -2.38. The minimum atomic E-state index is -1.12. The molecule has 1 aliphatic rings. The van der Waals surface area contributed by atoms with Gasteiger partial charge in [0.25, 0.3) is 0 Å². The van der Waals surface area contributed by atoms with E-state index in [1.54, 1.807) is 6.07 Å². The molecule has 0 spiro atoms. The summed E-state index contributed by atoms with van der Waals surface area (Å²) >= 11 is 5.76. The molecule has 19 heavy (non-hydrogen) atoms. The average Bonchev–Trinajstić information content (AvgIpc) is 2.87. The Balaban J connectivity index is 2.11. The first-order valence-corrected chi connectivity index (χ1v) is 8.31. The predicted molar refractivity (Wildman–Crippen MR) is 77.5 cm³/mol. The molecule has 1 aliphatic carbocycles. The molecule has 1 aromatic rings. The molecule has 3 unspecified atom stereocenters. The van der Waals surface area contributed by atoms with Crippen LogP contribution < -0.4 is 5.32 Å². The number of hydrogen-bond acceptors (Lipinski definition) is 2. The summed E-state index contributed by atoms with van der Waals surface area (Å²) in [6.07, 6.45) is 4.17. The van der Waals surface area contributed by atoms with Crippen LogP contribution in [0.25, 0.3) is 0 Å². The van der Waals surface area contributed by atoms with Gasteiger partial charge in [-0.1, -0.05) is 24.9 Å². The van der Waals surface area contributed by atoms with Crippen molar-refractivity contribution in [1.82, 2.24) is 5.32 Å². The van der Waals surface area contributed by atoms with Gasteiger partial charge < -0.3 is 5.32 Å². The fourth-order valence-corrected chi connectivity index (χ4v) is 4.46. The Kier molecular flexibility index (Phi) is 5.37. The van der Waals surface area contributed by atoms with Crippen LogP contribution in [0.5, 0.6) is 0 Å². The van der Waals surface area contributed by atoms with E-state index in [9.17, 15) is 8.60 Å². The van der Waals surface area contributed by atoms with Crippen LogP contribution in [0, 0.1) is 5.82 Å². The molecule has 5 heteroatoms. The Labute approximate surface area is 121 Å². The van der Waals surface area contributed by atoms with Crippen molar-refractivity contribution in [1.29, 1.82) is 0 Å². The largest absolute Gasteiger partial charge is 0.313 e. The Hall–Kier alpha value is -0.450. The number of hydrogen-bond donors (Lipinski definition) is 1. The van der Waals surface area contributed by atoms with Crippen LogP contribution in [0.15, 0.2) is 23.1 Å². The monoisotopic (exact) mass is 303 g/mol. The molecule has 0 amide bonds. The highest BCUT2D eigenvalue weighted by Gasteiger charge is 2.32. The van der Waals surface area contributed by atoms with E-state index in [1.165, 1.54) is 12.1 Å². The maximum atomic E-state index is 13.1. The van der Waals surface area contributed by atoms with Crippen LogP contribution in [-0.4, -0.2) is 22.0 Å². The van der Waals surface area contributed by atoms with Crippen molar-refractivity contribution in [3.05, 3.63) is 29.0 Å². The maximum absolute atomic E-state index is 13.1. The summed E-state index contributed by atoms with van der Waals surface area (Å²) in [5.41, 5.74) is 0. The SMILES string of the molecule is CCCNC1CCCC1S(=O)c1ccc(F)c(Cl)c1. The molecule has 1 aromatic carbocycles. The molecule has 0 aromatic heterocycles. The van der Waals surface area contributed by atoms with Gasteiger partial charge in [0.15, 0.2) is 0 Å². The molecule has 2 nitrogen and oxygen atoms in total. The van der Waals surface area contributed by atoms with Crippen molar-refractivity contribution in [3.63, 3.8) is 0 Å². The van der Waals surface area contributed by atoms with Crippen LogP contribution in [0.2, 0.25) is 5.02 Å². The van der Waals surface area contributed by atoms with Crippen molar-refractivity contribution in [2.24, 2.45) is 0 Å². The highest BCUT2D eigenvalue weighted by Crippen LogP contribution is 2.29. The third-order valence-corrected chi connectivity index (χ3v) is 5.63. The summed E-state index contributed by atoms with van der Waals surface area (Å²) in [5, 5.41) is 3.61. The van der Waals surface area contributed by atoms with E-state index < -0.39 is 16.6 Å². The van der Waals surface area contributed by atoms with Crippen LogP contribution in [0.4, 0.5) is 4.39 Å². The van der Waals surface area contributed by atoms with Crippen LogP contribution in [0.3, 0.4) is 0 Å². The highest BCUT2D eigenvalue weighted by molar-refractivity contribution is 7.85. The summed E-state index contributed by atoms with van der Waals surface area (Å²) in [5.74, 6) is -0.463. The van der Waals surface area contributed by atoms with Gasteiger partial charge in [-0.3, -0.25) is 4.21 Å². The Morgan fingerprint density at radius 2 is 2.26 bits per heavy atom. The number of nitrogens with one attached hydrogen (secondary N) is 1. The van der Waals surface area contributed by atoms with Crippen molar-refractivity contribution in [3.8, 4) is 0 Å². The molecule has 0 bridgehead atoms. The molecular formula is C14H19ClFNOS. The van der Waals surface area contributed by atoms with E-state index in [-0.39, 0.29) is 10.3 Å². The van der Waals surface area contributed by atoms with Gasteiger partial charge in [0.2, 0.25) is 0 Å². The van der Waals surface area contributed by atoms with Crippen LogP contribution in [0.1, 0.15) is 32.6 Å². The first-order chi connectivity index (χ1) is 9.13. The van der Waals surface area contributed by atoms with Gasteiger partial charge in [0, 0.05) is 10.9 Å². The zero-order chi connectivity index (χ0) is 13.8. The standard InChI is InChI=1S/C14H19ClFNOS/c1-2-8-17-13-4-3-5-14(13)19(18)10-6-7-12(16)11(15)9-10/h6-7,9,13-14,17H,2-5,8H2,1H3. The molecule has 1 N–H and O–H groups in total. The van der Waals surface area contributed by atoms with Gasteiger partial charge in [0.05, 0.1) is 21.1 Å². The molecule has 0 radical (unpaired) electrons. The minimum Gasteiger partial charge on any atom is -0.313 e. The van der Waals surface area contributed by atoms with Crippen molar-refractivity contribution < 1.29 is 8.60 Å². The van der Waals surface area contributed by atoms with Crippen molar-refractivity contribution in [2.45, 2.75) is 48.8 Å². The van der Waals surface area contributed by atoms with Crippen LogP contribution >= 0.6 is 11.6 Å². The molecule has 0 saturated heterocycles. The highest BCUT2D eigenvalue weighted by atomic mass is 35.5. The minimum absolute atomic E-state index is 0.0434. The molecule has 2 rings (SSSR count). The lowest BCUT2D eigenvalue weighted by Gasteiger charge is -2.20. The summed E-state index contributed by atoms with van der Waals surface area (Å²) in [6, 6.07) is 4.65. The first-order valence-electron chi connectivity index (χ1n) is 6.72. The lowest BCUT2D eigenvalue weighted by atomic mass is 10.2. The van der Waals surface area contributed by atoms with E-state index >= 15 is 0 Å². The lowest BCUT2D eigenvalue weighted by molar-refractivity contribution is 0.523. The van der Waals surface area contributed by atoms with E-state index in [0.717, 1.165) is 32.2 Å². The summed E-state index contributed by atoms with van der Waals surface area (Å²) < 4.78 is 25.7. The van der Waals surface area contributed by atoms with Gasteiger partial charge in [-0.05, 0) is 44.0 Å². The third-order valence-electron chi connectivity index (χ3n) is 3.51. The Bertz CT molecular complexity index is 469. The number of halogens is 2. The number of rotatable bonds is 5. The fraction of sp³-hybridized carbons (Fsp3) is 0.571. The first kappa shape index (κ1) is 14.9. The third kappa shape index (κ3) is 3.56. The zero-order valence-corrected chi connectivity index (χ0v) is 12.6. The second-order valence-electron chi connectivity index (χ2n) is 4.90. The predicted octanol–water partition coefficient (Wildman–Crippen LogP) is 3.51. The molecule has 106 valence electrons. The maximum Gasteiger partial charge on any atom is 0.141 e. The molecule has 1 saturated carbocycles. The summed E-state index contributed by atoms with van der Waals surface area (Å²) in [4.78, 5) is 0.626. The molecule has 1 fully saturated rings. The Morgan fingerprint density at radius 1 is 1.47 bits per heavy atom.